The Morgan fingerprint density at radius 2 is 1.82 bits per heavy atom. The number of carbonyl (C=O) groups excluding carboxylic acids is 3. The van der Waals surface area contributed by atoms with Crippen LogP contribution in [-0.4, -0.2) is 35.2 Å². The van der Waals surface area contributed by atoms with Crippen LogP contribution in [0.1, 0.15) is 29.2 Å². The largest absolute Gasteiger partial charge is 0.490 e. The number of rotatable bonds is 9. The average Bonchev–Trinajstić information content (AvgIpc) is 3.14. The number of nitrogens with zero attached hydrogens (tertiary/aromatic N) is 1. The summed E-state index contributed by atoms with van der Waals surface area (Å²) in [6, 6.07) is 14.8. The molecule has 7 nitrogen and oxygen atoms in total. The standard InChI is InChI=1S/C29H26BrFN2O5S/c1-4-37-24-13-20(14-25-28(35)33(29(36)39-25)15-19-6-8-21(31)9-7-19)12-22(30)27(24)38-16-26(34)32-23-10-5-17(2)11-18(23)3/h5-14H,4,15-16H2,1-3H3,(H,32,34)/b25-14-. The molecule has 0 bridgehead atoms. The molecule has 1 heterocycles. The number of ether oxygens (including phenoxy) is 2. The van der Waals surface area contributed by atoms with E-state index in [9.17, 15) is 18.8 Å². The van der Waals surface area contributed by atoms with E-state index in [-0.39, 0.29) is 24.0 Å². The van der Waals surface area contributed by atoms with Gasteiger partial charge in [0.2, 0.25) is 0 Å². The molecule has 3 aromatic carbocycles. The summed E-state index contributed by atoms with van der Waals surface area (Å²) in [6.07, 6.45) is 1.60. The molecule has 0 saturated carbocycles. The Bertz CT molecular complexity index is 1460. The molecule has 0 spiro atoms. The fourth-order valence-corrected chi connectivity index (χ4v) is 5.32. The van der Waals surface area contributed by atoms with Gasteiger partial charge in [-0.2, -0.15) is 0 Å². The highest BCUT2D eigenvalue weighted by Crippen LogP contribution is 2.39. The van der Waals surface area contributed by atoms with Crippen LogP contribution in [0.5, 0.6) is 11.5 Å². The topological polar surface area (TPSA) is 84.9 Å². The van der Waals surface area contributed by atoms with Gasteiger partial charge in [-0.15, -0.1) is 0 Å². The first-order valence-corrected chi connectivity index (χ1v) is 13.7. The zero-order valence-electron chi connectivity index (χ0n) is 21.5. The molecule has 202 valence electrons. The van der Waals surface area contributed by atoms with Crippen molar-refractivity contribution in [2.75, 3.05) is 18.5 Å². The Morgan fingerprint density at radius 3 is 2.51 bits per heavy atom. The first-order chi connectivity index (χ1) is 18.6. The van der Waals surface area contributed by atoms with Crippen molar-refractivity contribution in [1.82, 2.24) is 4.90 Å². The maximum Gasteiger partial charge on any atom is 0.293 e. The van der Waals surface area contributed by atoms with E-state index in [4.69, 9.17) is 9.47 Å². The first-order valence-electron chi connectivity index (χ1n) is 12.1. The number of imide groups is 1. The quantitative estimate of drug-likeness (QED) is 0.266. The zero-order valence-corrected chi connectivity index (χ0v) is 23.9. The number of carbonyl (C=O) groups is 3. The SMILES string of the molecule is CCOc1cc(/C=C2\SC(=O)N(Cc3ccc(F)cc3)C2=O)cc(Br)c1OCC(=O)Nc1ccc(C)cc1C. The number of hydrogen-bond acceptors (Lipinski definition) is 6. The second kappa shape index (κ2) is 12.5. The molecule has 0 aliphatic carbocycles. The van der Waals surface area contributed by atoms with E-state index in [2.05, 4.69) is 21.2 Å². The number of hydrogen-bond donors (Lipinski definition) is 1. The second-order valence-electron chi connectivity index (χ2n) is 8.81. The zero-order chi connectivity index (χ0) is 28.1. The summed E-state index contributed by atoms with van der Waals surface area (Å²) in [7, 11) is 0. The Morgan fingerprint density at radius 1 is 1.08 bits per heavy atom. The van der Waals surface area contributed by atoms with Crippen LogP contribution >= 0.6 is 27.7 Å². The van der Waals surface area contributed by atoms with Crippen molar-refractivity contribution in [3.8, 4) is 11.5 Å². The van der Waals surface area contributed by atoms with Gasteiger partial charge in [-0.25, -0.2) is 4.39 Å². The molecule has 1 aliphatic rings. The lowest BCUT2D eigenvalue weighted by molar-refractivity contribution is -0.123. The van der Waals surface area contributed by atoms with E-state index in [1.54, 1.807) is 18.2 Å². The van der Waals surface area contributed by atoms with E-state index < -0.39 is 17.0 Å². The number of amides is 3. The van der Waals surface area contributed by atoms with Crippen LogP contribution in [0.4, 0.5) is 14.9 Å². The van der Waals surface area contributed by atoms with Crippen molar-refractivity contribution in [3.05, 3.63) is 92.0 Å². The number of halogens is 2. The molecule has 0 radical (unpaired) electrons. The van der Waals surface area contributed by atoms with E-state index >= 15 is 0 Å². The average molecular weight is 614 g/mol. The Labute approximate surface area is 238 Å². The van der Waals surface area contributed by atoms with E-state index in [1.807, 2.05) is 39.0 Å². The van der Waals surface area contributed by atoms with Gasteiger partial charge in [-0.3, -0.25) is 19.3 Å². The Hall–Kier alpha value is -3.63. The highest BCUT2D eigenvalue weighted by molar-refractivity contribution is 9.10. The Balaban J connectivity index is 1.48. The van der Waals surface area contributed by atoms with Crippen molar-refractivity contribution in [1.29, 1.82) is 0 Å². The van der Waals surface area contributed by atoms with Crippen LogP contribution in [-0.2, 0) is 16.1 Å². The number of benzene rings is 3. The first kappa shape index (κ1) is 28.4. The van der Waals surface area contributed by atoms with Crippen molar-refractivity contribution in [2.45, 2.75) is 27.3 Å². The highest BCUT2D eigenvalue weighted by atomic mass is 79.9. The second-order valence-corrected chi connectivity index (χ2v) is 10.7. The van der Waals surface area contributed by atoms with Gasteiger partial charge in [0.1, 0.15) is 5.82 Å². The van der Waals surface area contributed by atoms with Crippen molar-refractivity contribution < 1.29 is 28.2 Å². The molecular formula is C29H26BrFN2O5S. The fourth-order valence-electron chi connectivity index (χ4n) is 3.91. The third-order valence-electron chi connectivity index (χ3n) is 5.76. The maximum absolute atomic E-state index is 13.2. The Kier molecular flexibility index (Phi) is 9.08. The van der Waals surface area contributed by atoms with Crippen LogP contribution in [0.25, 0.3) is 6.08 Å². The summed E-state index contributed by atoms with van der Waals surface area (Å²) < 4.78 is 25.3. The lowest BCUT2D eigenvalue weighted by atomic mass is 10.1. The molecule has 3 aromatic rings. The summed E-state index contributed by atoms with van der Waals surface area (Å²) in [4.78, 5) is 39.4. The molecule has 1 saturated heterocycles. The van der Waals surface area contributed by atoms with Gasteiger partial charge in [0.15, 0.2) is 18.1 Å². The van der Waals surface area contributed by atoms with Gasteiger partial charge >= 0.3 is 0 Å². The normalized spacial score (nSPS) is 14.2. The minimum atomic E-state index is -0.438. The maximum atomic E-state index is 13.2. The molecule has 4 rings (SSSR count). The van der Waals surface area contributed by atoms with Crippen molar-refractivity contribution in [2.24, 2.45) is 0 Å². The third kappa shape index (κ3) is 7.07. The molecular weight excluding hydrogens is 587 g/mol. The van der Waals surface area contributed by atoms with Gasteiger partial charge in [0, 0.05) is 5.69 Å². The van der Waals surface area contributed by atoms with Crippen molar-refractivity contribution >= 4 is 56.5 Å². The smallest absolute Gasteiger partial charge is 0.293 e. The molecule has 10 heteroatoms. The summed E-state index contributed by atoms with van der Waals surface area (Å²) >= 11 is 4.31. The van der Waals surface area contributed by atoms with Gasteiger partial charge < -0.3 is 14.8 Å². The molecule has 0 atom stereocenters. The van der Waals surface area contributed by atoms with E-state index in [1.165, 1.54) is 24.3 Å². The molecule has 1 aliphatic heterocycles. The van der Waals surface area contributed by atoms with Crippen LogP contribution < -0.4 is 14.8 Å². The number of nitrogens with one attached hydrogen (secondary N) is 1. The summed E-state index contributed by atoms with van der Waals surface area (Å²) in [5.41, 5.74) is 4.01. The predicted molar refractivity (Wildman–Crippen MR) is 153 cm³/mol. The third-order valence-corrected chi connectivity index (χ3v) is 7.26. The monoisotopic (exact) mass is 612 g/mol. The van der Waals surface area contributed by atoms with Gasteiger partial charge in [-0.05, 0) is 102 Å². The lowest BCUT2D eigenvalue weighted by Gasteiger charge is -2.15. The van der Waals surface area contributed by atoms with Gasteiger partial charge in [-0.1, -0.05) is 29.8 Å². The predicted octanol–water partition coefficient (Wildman–Crippen LogP) is 6.86. The fraction of sp³-hybridized carbons (Fsp3) is 0.207. The van der Waals surface area contributed by atoms with Crippen LogP contribution in [0.15, 0.2) is 64.0 Å². The minimum absolute atomic E-state index is 0.0487. The summed E-state index contributed by atoms with van der Waals surface area (Å²) in [6.45, 7) is 5.87. The lowest BCUT2D eigenvalue weighted by Crippen LogP contribution is -2.27. The number of anilines is 1. The van der Waals surface area contributed by atoms with Gasteiger partial charge in [0.25, 0.3) is 17.1 Å². The molecule has 0 unspecified atom stereocenters. The highest BCUT2D eigenvalue weighted by Gasteiger charge is 2.35. The van der Waals surface area contributed by atoms with Crippen molar-refractivity contribution in [3.63, 3.8) is 0 Å². The molecule has 3 amide bonds. The van der Waals surface area contributed by atoms with E-state index in [0.717, 1.165) is 27.8 Å². The summed E-state index contributed by atoms with van der Waals surface area (Å²) in [5.74, 6) is -0.433. The van der Waals surface area contributed by atoms with Crippen LogP contribution in [0, 0.1) is 19.7 Å². The molecule has 0 aromatic heterocycles. The minimum Gasteiger partial charge on any atom is -0.490 e. The molecule has 1 N–H and O–H groups in total. The molecule has 39 heavy (non-hydrogen) atoms. The summed E-state index contributed by atoms with van der Waals surface area (Å²) in [5, 5.41) is 2.44. The van der Waals surface area contributed by atoms with Gasteiger partial charge in [0.05, 0.1) is 22.5 Å². The molecule has 1 fully saturated rings. The van der Waals surface area contributed by atoms with Crippen LogP contribution in [0.2, 0.25) is 0 Å². The van der Waals surface area contributed by atoms with E-state index in [0.29, 0.717) is 39.4 Å². The number of aryl methyl sites for hydroxylation is 2. The number of thioether (sulfide) groups is 1. The van der Waals surface area contributed by atoms with Crippen LogP contribution in [0.3, 0.4) is 0 Å².